The van der Waals surface area contributed by atoms with Gasteiger partial charge in [0, 0.05) is 36.7 Å². The van der Waals surface area contributed by atoms with E-state index in [1.807, 2.05) is 4.90 Å². The van der Waals surface area contributed by atoms with Crippen LogP contribution in [-0.2, 0) is 4.79 Å². The minimum Gasteiger partial charge on any atom is -0.321 e. The number of hydrogen-bond donors (Lipinski definition) is 2. The number of carbonyl (C=O) groups is 1. The third-order valence-electron chi connectivity index (χ3n) is 3.33. The van der Waals surface area contributed by atoms with Crippen LogP contribution < -0.4 is 10.6 Å². The molecule has 1 unspecified atom stereocenters. The van der Waals surface area contributed by atoms with Crippen molar-refractivity contribution in [2.24, 2.45) is 0 Å². The van der Waals surface area contributed by atoms with Gasteiger partial charge < -0.3 is 10.6 Å². The third-order valence-corrected chi connectivity index (χ3v) is 3.96. The number of anilines is 1. The molecule has 1 aliphatic rings. The van der Waals surface area contributed by atoms with Crippen LogP contribution in [0, 0.1) is 11.6 Å². The molecule has 2 rings (SSSR count). The highest BCUT2D eigenvalue weighted by atomic mass is 79.9. The van der Waals surface area contributed by atoms with Crippen LogP contribution in [0.15, 0.2) is 16.6 Å². The van der Waals surface area contributed by atoms with E-state index >= 15 is 0 Å². The van der Waals surface area contributed by atoms with E-state index in [0.717, 1.165) is 38.3 Å². The first-order chi connectivity index (χ1) is 9.49. The van der Waals surface area contributed by atoms with Crippen molar-refractivity contribution in [3.63, 3.8) is 0 Å². The van der Waals surface area contributed by atoms with E-state index < -0.39 is 11.6 Å². The number of carbonyl (C=O) groups excluding carboxylic acids is 1. The Hall–Kier alpha value is -1.05. The van der Waals surface area contributed by atoms with Gasteiger partial charge in [-0.15, -0.1) is 0 Å². The standard InChI is InChI=1S/C13H16BrF2N3O/c1-8(19-4-2-17-3-5-19)13(20)18-12-10(14)6-9(15)7-11(12)16/h6-8,17H,2-5H2,1H3,(H,18,20). The van der Waals surface area contributed by atoms with Gasteiger partial charge in [-0.3, -0.25) is 9.69 Å². The maximum atomic E-state index is 13.7. The van der Waals surface area contributed by atoms with E-state index in [-0.39, 0.29) is 22.1 Å². The molecule has 1 amide bonds. The Morgan fingerprint density at radius 1 is 1.40 bits per heavy atom. The average molecular weight is 348 g/mol. The van der Waals surface area contributed by atoms with Crippen LogP contribution in [0.2, 0.25) is 0 Å². The van der Waals surface area contributed by atoms with E-state index in [1.54, 1.807) is 6.92 Å². The van der Waals surface area contributed by atoms with Gasteiger partial charge in [-0.1, -0.05) is 0 Å². The van der Waals surface area contributed by atoms with E-state index in [0.29, 0.717) is 0 Å². The van der Waals surface area contributed by atoms with Crippen LogP contribution in [0.25, 0.3) is 0 Å². The third kappa shape index (κ3) is 3.53. The SMILES string of the molecule is CC(C(=O)Nc1c(F)cc(F)cc1Br)N1CCNCC1. The van der Waals surface area contributed by atoms with Gasteiger partial charge in [0.1, 0.15) is 5.82 Å². The fraction of sp³-hybridized carbons (Fsp3) is 0.462. The van der Waals surface area contributed by atoms with Crippen molar-refractivity contribution in [3.8, 4) is 0 Å². The highest BCUT2D eigenvalue weighted by molar-refractivity contribution is 9.10. The molecule has 0 aliphatic carbocycles. The predicted molar refractivity (Wildman–Crippen MR) is 76.6 cm³/mol. The van der Waals surface area contributed by atoms with Crippen LogP contribution in [0.3, 0.4) is 0 Å². The molecular weight excluding hydrogens is 332 g/mol. The average Bonchev–Trinajstić information content (AvgIpc) is 2.42. The number of rotatable bonds is 3. The van der Waals surface area contributed by atoms with Crippen molar-refractivity contribution < 1.29 is 13.6 Å². The molecule has 0 saturated carbocycles. The largest absolute Gasteiger partial charge is 0.321 e. The summed E-state index contributed by atoms with van der Waals surface area (Å²) in [4.78, 5) is 14.2. The Balaban J connectivity index is 2.07. The van der Waals surface area contributed by atoms with Crippen molar-refractivity contribution >= 4 is 27.5 Å². The summed E-state index contributed by atoms with van der Waals surface area (Å²) in [5.41, 5.74) is -0.0293. The molecule has 110 valence electrons. The molecule has 0 bridgehead atoms. The molecule has 1 aromatic rings. The van der Waals surface area contributed by atoms with Crippen molar-refractivity contribution in [1.82, 2.24) is 10.2 Å². The summed E-state index contributed by atoms with van der Waals surface area (Å²) in [5, 5.41) is 5.71. The molecule has 2 N–H and O–H groups in total. The smallest absolute Gasteiger partial charge is 0.241 e. The number of piperazine rings is 1. The van der Waals surface area contributed by atoms with Gasteiger partial charge in [0.2, 0.25) is 5.91 Å². The lowest BCUT2D eigenvalue weighted by Crippen LogP contribution is -2.51. The second-order valence-corrected chi connectivity index (χ2v) is 5.55. The van der Waals surface area contributed by atoms with Gasteiger partial charge in [-0.2, -0.15) is 0 Å². The Morgan fingerprint density at radius 3 is 2.65 bits per heavy atom. The Bertz CT molecular complexity index is 483. The minimum absolute atomic E-state index is 0.0293. The number of nitrogens with zero attached hydrogens (tertiary/aromatic N) is 1. The maximum absolute atomic E-state index is 13.7. The molecule has 0 aromatic heterocycles. The molecule has 1 heterocycles. The lowest BCUT2D eigenvalue weighted by molar-refractivity contribution is -0.121. The highest BCUT2D eigenvalue weighted by Crippen LogP contribution is 2.27. The normalized spacial score (nSPS) is 17.8. The number of hydrogen-bond acceptors (Lipinski definition) is 3. The molecular formula is C13H16BrF2N3O. The molecule has 1 aromatic carbocycles. The van der Waals surface area contributed by atoms with Crippen LogP contribution in [-0.4, -0.2) is 43.0 Å². The van der Waals surface area contributed by atoms with Crippen molar-refractivity contribution in [2.75, 3.05) is 31.5 Å². The molecule has 0 radical (unpaired) electrons. The quantitative estimate of drug-likeness (QED) is 0.878. The van der Waals surface area contributed by atoms with E-state index in [9.17, 15) is 13.6 Å². The zero-order chi connectivity index (χ0) is 14.7. The van der Waals surface area contributed by atoms with Crippen molar-refractivity contribution in [1.29, 1.82) is 0 Å². The molecule has 4 nitrogen and oxygen atoms in total. The fourth-order valence-electron chi connectivity index (χ4n) is 2.12. The monoisotopic (exact) mass is 347 g/mol. The topological polar surface area (TPSA) is 44.4 Å². The first-order valence-electron chi connectivity index (χ1n) is 6.39. The van der Waals surface area contributed by atoms with Gasteiger partial charge >= 0.3 is 0 Å². The summed E-state index contributed by atoms with van der Waals surface area (Å²) in [6.07, 6.45) is 0. The summed E-state index contributed by atoms with van der Waals surface area (Å²) >= 11 is 3.05. The second-order valence-electron chi connectivity index (χ2n) is 4.70. The highest BCUT2D eigenvalue weighted by Gasteiger charge is 2.24. The first-order valence-corrected chi connectivity index (χ1v) is 7.18. The van der Waals surface area contributed by atoms with Gasteiger partial charge in [-0.25, -0.2) is 8.78 Å². The lowest BCUT2D eigenvalue weighted by Gasteiger charge is -2.31. The molecule has 1 fully saturated rings. The molecule has 7 heteroatoms. The Morgan fingerprint density at radius 2 is 2.05 bits per heavy atom. The van der Waals surface area contributed by atoms with E-state index in [4.69, 9.17) is 0 Å². The van der Waals surface area contributed by atoms with Gasteiger partial charge in [0.25, 0.3) is 0 Å². The van der Waals surface area contributed by atoms with E-state index in [2.05, 4.69) is 26.6 Å². The van der Waals surface area contributed by atoms with Crippen molar-refractivity contribution in [2.45, 2.75) is 13.0 Å². The number of benzene rings is 1. The molecule has 20 heavy (non-hydrogen) atoms. The summed E-state index contributed by atoms with van der Waals surface area (Å²) < 4.78 is 26.9. The van der Waals surface area contributed by atoms with E-state index in [1.165, 1.54) is 0 Å². The van der Waals surface area contributed by atoms with Crippen molar-refractivity contribution in [3.05, 3.63) is 28.2 Å². The summed E-state index contributed by atoms with van der Waals surface area (Å²) in [6, 6.07) is 1.50. The molecule has 1 aliphatic heterocycles. The second kappa shape index (κ2) is 6.60. The Kier molecular flexibility index (Phi) is 5.06. The number of amides is 1. The number of halogens is 3. The summed E-state index contributed by atoms with van der Waals surface area (Å²) in [5.74, 6) is -1.79. The number of nitrogens with one attached hydrogen (secondary N) is 2. The van der Waals surface area contributed by atoms with Crippen LogP contribution in [0.4, 0.5) is 14.5 Å². The summed E-state index contributed by atoms with van der Waals surface area (Å²) in [7, 11) is 0. The summed E-state index contributed by atoms with van der Waals surface area (Å²) in [6.45, 7) is 4.96. The molecule has 1 atom stereocenters. The first kappa shape index (κ1) is 15.3. The molecule has 1 saturated heterocycles. The maximum Gasteiger partial charge on any atom is 0.241 e. The van der Waals surface area contributed by atoms with Gasteiger partial charge in [-0.05, 0) is 28.9 Å². The van der Waals surface area contributed by atoms with Crippen LogP contribution >= 0.6 is 15.9 Å². The van der Waals surface area contributed by atoms with Crippen LogP contribution in [0.5, 0.6) is 0 Å². The predicted octanol–water partition coefficient (Wildman–Crippen LogP) is 1.96. The molecule has 0 spiro atoms. The zero-order valence-corrected chi connectivity index (χ0v) is 12.6. The lowest BCUT2D eigenvalue weighted by atomic mass is 10.2. The van der Waals surface area contributed by atoms with Crippen LogP contribution in [0.1, 0.15) is 6.92 Å². The van der Waals surface area contributed by atoms with Gasteiger partial charge in [0.05, 0.1) is 11.7 Å². The minimum atomic E-state index is -0.794. The zero-order valence-electron chi connectivity index (χ0n) is 11.0. The fourth-order valence-corrected chi connectivity index (χ4v) is 2.63. The Labute approximate surface area is 124 Å². The van der Waals surface area contributed by atoms with Gasteiger partial charge in [0.15, 0.2) is 5.82 Å².